The van der Waals surface area contributed by atoms with Crippen LogP contribution < -0.4 is 10.6 Å². The van der Waals surface area contributed by atoms with Crippen molar-refractivity contribution in [3.8, 4) is 11.1 Å². The number of anilines is 2. The zero-order valence-corrected chi connectivity index (χ0v) is 25.9. The quantitative estimate of drug-likeness (QED) is 0.164. The topological polar surface area (TPSA) is 24.1 Å². The van der Waals surface area contributed by atoms with Gasteiger partial charge in [0.05, 0.1) is 11.4 Å². The Labute approximate surface area is 248 Å². The van der Waals surface area contributed by atoms with Crippen LogP contribution in [0.5, 0.6) is 0 Å². The molecule has 2 heteroatoms. The van der Waals surface area contributed by atoms with E-state index < -0.39 is 0 Å². The Kier molecular flexibility index (Phi) is 9.18. The van der Waals surface area contributed by atoms with Crippen molar-refractivity contribution in [3.63, 3.8) is 0 Å². The van der Waals surface area contributed by atoms with Gasteiger partial charge in [-0.05, 0) is 97.0 Å². The smallest absolute Gasteiger partial charge is 0.0576 e. The summed E-state index contributed by atoms with van der Waals surface area (Å²) < 4.78 is 0. The molecule has 0 spiro atoms. The van der Waals surface area contributed by atoms with Crippen LogP contribution >= 0.6 is 0 Å². The van der Waals surface area contributed by atoms with Crippen LogP contribution in [0.1, 0.15) is 90.8 Å². The number of unbranched alkanes of at least 4 members (excludes halogenated alkanes) is 4. The maximum Gasteiger partial charge on any atom is 0.0576 e. The minimum Gasteiger partial charge on any atom is -0.386 e. The Hall–Kier alpha value is -3.52. The third-order valence-corrected chi connectivity index (χ3v) is 9.19. The second-order valence-electron chi connectivity index (χ2n) is 12.1. The molecule has 0 saturated carbocycles. The second kappa shape index (κ2) is 13.0. The number of hydrogen-bond donors (Lipinski definition) is 2. The van der Waals surface area contributed by atoms with Crippen molar-refractivity contribution in [2.75, 3.05) is 24.7 Å². The van der Waals surface area contributed by atoms with Gasteiger partial charge in [-0.2, -0.15) is 0 Å². The second-order valence-corrected chi connectivity index (χ2v) is 12.1. The average molecular weight is 545 g/mol. The van der Waals surface area contributed by atoms with E-state index in [1.165, 1.54) is 101 Å². The third kappa shape index (κ3) is 5.94. The summed E-state index contributed by atoms with van der Waals surface area (Å²) >= 11 is 0. The summed E-state index contributed by atoms with van der Waals surface area (Å²) in [5.41, 5.74) is 15.1. The number of rotatable bonds is 13. The maximum atomic E-state index is 3.35. The molecule has 0 saturated heterocycles. The minimum absolute atomic E-state index is 0.117. The Bertz CT molecular complexity index is 1430. The highest BCUT2D eigenvalue weighted by Crippen LogP contribution is 2.55. The standard InChI is InChI=1S/C39H48N2/c1-6-7-8-9-13-30-15-12-16-32(26-30)39(23-11-10-14-31-19-22-37(40-4)38(27-31)41-5)35-24-28(2)17-20-33(35)34-21-18-29(3)25-36(34)39/h12,15-22,24-27,40-41H,6-11,13-14,23H2,1-5H3. The van der Waals surface area contributed by atoms with Crippen LogP contribution in [0.15, 0.2) is 78.9 Å². The van der Waals surface area contributed by atoms with Gasteiger partial charge < -0.3 is 10.6 Å². The van der Waals surface area contributed by atoms with Crippen molar-refractivity contribution in [1.29, 1.82) is 0 Å². The normalized spacial score (nSPS) is 13.1. The lowest BCUT2D eigenvalue weighted by atomic mass is 9.68. The molecule has 4 aromatic rings. The fourth-order valence-corrected chi connectivity index (χ4v) is 7.00. The first-order valence-electron chi connectivity index (χ1n) is 15.8. The minimum atomic E-state index is -0.117. The molecule has 5 rings (SSSR count). The summed E-state index contributed by atoms with van der Waals surface area (Å²) in [7, 11) is 3.98. The fraction of sp³-hybridized carbons (Fsp3) is 0.385. The van der Waals surface area contributed by atoms with Crippen LogP contribution in [-0.4, -0.2) is 14.1 Å². The molecule has 0 fully saturated rings. The van der Waals surface area contributed by atoms with Crippen molar-refractivity contribution in [1.82, 2.24) is 0 Å². The van der Waals surface area contributed by atoms with Gasteiger partial charge in [0, 0.05) is 19.5 Å². The predicted octanol–water partition coefficient (Wildman–Crippen LogP) is 10.2. The van der Waals surface area contributed by atoms with Gasteiger partial charge in [0.2, 0.25) is 0 Å². The first kappa shape index (κ1) is 29.0. The van der Waals surface area contributed by atoms with E-state index in [1.807, 2.05) is 14.1 Å². The summed E-state index contributed by atoms with van der Waals surface area (Å²) in [6, 6.07) is 30.7. The molecular weight excluding hydrogens is 496 g/mol. The van der Waals surface area contributed by atoms with Crippen LogP contribution in [0.4, 0.5) is 11.4 Å². The molecule has 0 aromatic heterocycles. The van der Waals surface area contributed by atoms with Crippen molar-refractivity contribution in [2.45, 2.75) is 84.0 Å². The van der Waals surface area contributed by atoms with Gasteiger partial charge >= 0.3 is 0 Å². The summed E-state index contributed by atoms with van der Waals surface area (Å²) in [5.74, 6) is 0. The van der Waals surface area contributed by atoms with E-state index in [9.17, 15) is 0 Å². The van der Waals surface area contributed by atoms with Crippen LogP contribution in [0.2, 0.25) is 0 Å². The zero-order chi connectivity index (χ0) is 28.8. The molecule has 0 amide bonds. The third-order valence-electron chi connectivity index (χ3n) is 9.19. The molecule has 0 atom stereocenters. The highest BCUT2D eigenvalue weighted by molar-refractivity contribution is 5.84. The van der Waals surface area contributed by atoms with Crippen molar-refractivity contribution >= 4 is 11.4 Å². The fourth-order valence-electron chi connectivity index (χ4n) is 7.00. The number of nitrogens with one attached hydrogen (secondary N) is 2. The van der Waals surface area contributed by atoms with Gasteiger partial charge in [-0.1, -0.05) is 110 Å². The monoisotopic (exact) mass is 544 g/mol. The van der Waals surface area contributed by atoms with Crippen LogP contribution in [-0.2, 0) is 18.3 Å². The van der Waals surface area contributed by atoms with Crippen molar-refractivity contribution in [2.24, 2.45) is 0 Å². The number of benzene rings is 4. The molecule has 2 nitrogen and oxygen atoms in total. The molecule has 0 heterocycles. The van der Waals surface area contributed by atoms with Crippen LogP contribution in [0.3, 0.4) is 0 Å². The lowest BCUT2D eigenvalue weighted by Gasteiger charge is -2.34. The van der Waals surface area contributed by atoms with Crippen LogP contribution in [0, 0.1) is 13.8 Å². The van der Waals surface area contributed by atoms with Gasteiger partial charge in [0.1, 0.15) is 0 Å². The molecule has 0 bridgehead atoms. The summed E-state index contributed by atoms with van der Waals surface area (Å²) in [6.07, 6.45) is 10.9. The van der Waals surface area contributed by atoms with E-state index in [4.69, 9.17) is 0 Å². The molecule has 214 valence electrons. The number of hydrogen-bond acceptors (Lipinski definition) is 2. The SMILES string of the molecule is CCCCCCc1cccc(C2(CCCCc3ccc(NC)c(NC)c3)c3cc(C)ccc3-c3ccc(C)cc32)c1. The molecule has 1 aliphatic rings. The zero-order valence-electron chi connectivity index (χ0n) is 25.9. The van der Waals surface area contributed by atoms with Gasteiger partial charge in [0.15, 0.2) is 0 Å². The lowest BCUT2D eigenvalue weighted by molar-refractivity contribution is 0.526. The van der Waals surface area contributed by atoms with Gasteiger partial charge in [0.25, 0.3) is 0 Å². The van der Waals surface area contributed by atoms with E-state index in [0.29, 0.717) is 0 Å². The molecule has 0 unspecified atom stereocenters. The first-order valence-corrected chi connectivity index (χ1v) is 15.8. The highest BCUT2D eigenvalue weighted by atomic mass is 14.9. The van der Waals surface area contributed by atoms with E-state index in [0.717, 1.165) is 18.5 Å². The van der Waals surface area contributed by atoms with Gasteiger partial charge in [-0.3, -0.25) is 0 Å². The summed E-state index contributed by atoms with van der Waals surface area (Å²) in [6.45, 7) is 6.79. The first-order chi connectivity index (χ1) is 20.0. The van der Waals surface area contributed by atoms with Gasteiger partial charge in [-0.25, -0.2) is 0 Å². The molecule has 0 radical (unpaired) electrons. The maximum absolute atomic E-state index is 3.35. The van der Waals surface area contributed by atoms with E-state index in [1.54, 1.807) is 0 Å². The number of fused-ring (bicyclic) bond motifs is 3. The Morgan fingerprint density at radius 1 is 0.585 bits per heavy atom. The van der Waals surface area contributed by atoms with E-state index in [2.05, 4.69) is 110 Å². The van der Waals surface area contributed by atoms with Crippen molar-refractivity contribution < 1.29 is 0 Å². The Morgan fingerprint density at radius 2 is 1.22 bits per heavy atom. The van der Waals surface area contributed by atoms with Crippen LogP contribution in [0.25, 0.3) is 11.1 Å². The molecular formula is C39H48N2. The molecule has 2 N–H and O–H groups in total. The highest BCUT2D eigenvalue weighted by Gasteiger charge is 2.44. The van der Waals surface area contributed by atoms with E-state index >= 15 is 0 Å². The predicted molar refractivity (Wildman–Crippen MR) is 179 cm³/mol. The largest absolute Gasteiger partial charge is 0.386 e. The Morgan fingerprint density at radius 3 is 1.85 bits per heavy atom. The molecule has 4 aromatic carbocycles. The molecule has 0 aliphatic heterocycles. The Balaban J connectivity index is 1.50. The summed E-state index contributed by atoms with van der Waals surface area (Å²) in [5, 5.41) is 6.64. The number of aryl methyl sites for hydroxylation is 4. The average Bonchev–Trinajstić information content (AvgIpc) is 3.26. The van der Waals surface area contributed by atoms with Crippen molar-refractivity contribution in [3.05, 3.63) is 118 Å². The molecule has 41 heavy (non-hydrogen) atoms. The lowest BCUT2D eigenvalue weighted by Crippen LogP contribution is -2.27. The van der Waals surface area contributed by atoms with Gasteiger partial charge in [-0.15, -0.1) is 0 Å². The summed E-state index contributed by atoms with van der Waals surface area (Å²) in [4.78, 5) is 0. The van der Waals surface area contributed by atoms with E-state index in [-0.39, 0.29) is 5.41 Å². The molecule has 1 aliphatic carbocycles.